The zero-order valence-electron chi connectivity index (χ0n) is 11.5. The molecule has 0 unspecified atom stereocenters. The summed E-state index contributed by atoms with van der Waals surface area (Å²) in [7, 11) is 0. The molecule has 3 aromatic rings. The first-order valence-corrected chi connectivity index (χ1v) is 6.69. The van der Waals surface area contributed by atoms with E-state index in [2.05, 4.69) is 10.3 Å². The van der Waals surface area contributed by atoms with Gasteiger partial charge in [0.1, 0.15) is 23.3 Å². The number of nitrogens with one attached hydrogen (secondary N) is 1. The smallest absolute Gasteiger partial charge is 0.231 e. The predicted octanol–water partition coefficient (Wildman–Crippen LogP) is 3.56. The number of hydrogen-bond donors (Lipinski definition) is 2. The number of halogens is 1. The standard InChI is InChI=1S/C17H12FN3O/c18-12-6-7-13-14(8-12)16(21-17(22)15(13)9-19)20-10-11-4-2-1-3-5-11/h1-8H,10H2,(H2,20,21,22). The SMILES string of the molecule is N#Cc1c(O)nc(NCc2ccccc2)c2cc(F)ccc12. The third-order valence-corrected chi connectivity index (χ3v) is 3.36. The van der Waals surface area contributed by atoms with Crippen LogP contribution in [0.25, 0.3) is 10.8 Å². The highest BCUT2D eigenvalue weighted by Gasteiger charge is 2.13. The topological polar surface area (TPSA) is 68.9 Å². The molecule has 0 aliphatic carbocycles. The van der Waals surface area contributed by atoms with Crippen molar-refractivity contribution in [2.75, 3.05) is 5.32 Å². The Labute approximate surface area is 126 Å². The van der Waals surface area contributed by atoms with E-state index in [0.29, 0.717) is 23.1 Å². The lowest BCUT2D eigenvalue weighted by Gasteiger charge is -2.11. The quantitative estimate of drug-likeness (QED) is 0.774. The Hall–Kier alpha value is -3.13. The van der Waals surface area contributed by atoms with Crippen LogP contribution in [0, 0.1) is 17.1 Å². The number of hydrogen-bond acceptors (Lipinski definition) is 4. The highest BCUT2D eigenvalue weighted by Crippen LogP contribution is 2.31. The monoisotopic (exact) mass is 293 g/mol. The number of anilines is 1. The summed E-state index contributed by atoms with van der Waals surface area (Å²) in [5.41, 5.74) is 1.07. The molecule has 0 aliphatic rings. The minimum Gasteiger partial charge on any atom is -0.492 e. The van der Waals surface area contributed by atoms with Crippen molar-refractivity contribution in [2.24, 2.45) is 0 Å². The fraction of sp³-hybridized carbons (Fsp3) is 0.0588. The van der Waals surface area contributed by atoms with Gasteiger partial charge in [0.05, 0.1) is 0 Å². The van der Waals surface area contributed by atoms with Crippen molar-refractivity contribution in [3.8, 4) is 11.9 Å². The van der Waals surface area contributed by atoms with Gasteiger partial charge in [-0.05, 0) is 23.8 Å². The first-order chi connectivity index (χ1) is 10.7. The Kier molecular flexibility index (Phi) is 3.58. The van der Waals surface area contributed by atoms with E-state index in [0.717, 1.165) is 5.56 Å². The second-order valence-electron chi connectivity index (χ2n) is 4.80. The number of fused-ring (bicyclic) bond motifs is 1. The van der Waals surface area contributed by atoms with Crippen molar-refractivity contribution in [3.05, 3.63) is 65.5 Å². The number of benzene rings is 2. The summed E-state index contributed by atoms with van der Waals surface area (Å²) >= 11 is 0. The van der Waals surface area contributed by atoms with Crippen LogP contribution in [0.1, 0.15) is 11.1 Å². The van der Waals surface area contributed by atoms with Crippen molar-refractivity contribution >= 4 is 16.6 Å². The van der Waals surface area contributed by atoms with Gasteiger partial charge in [0.25, 0.3) is 0 Å². The number of rotatable bonds is 3. The maximum Gasteiger partial charge on any atom is 0.231 e. The zero-order chi connectivity index (χ0) is 15.5. The highest BCUT2D eigenvalue weighted by atomic mass is 19.1. The molecule has 0 amide bonds. The summed E-state index contributed by atoms with van der Waals surface area (Å²) in [6, 6.07) is 15.6. The molecule has 0 saturated heterocycles. The fourth-order valence-electron chi connectivity index (χ4n) is 2.30. The average Bonchev–Trinajstić information content (AvgIpc) is 2.54. The van der Waals surface area contributed by atoms with Gasteiger partial charge >= 0.3 is 0 Å². The molecule has 2 N–H and O–H groups in total. The van der Waals surface area contributed by atoms with Crippen LogP contribution in [0.5, 0.6) is 5.88 Å². The molecule has 0 bridgehead atoms. The van der Waals surface area contributed by atoms with Gasteiger partial charge in [-0.15, -0.1) is 0 Å². The molecule has 0 radical (unpaired) electrons. The number of aromatic nitrogens is 1. The van der Waals surface area contributed by atoms with E-state index in [4.69, 9.17) is 5.26 Å². The Bertz CT molecular complexity index is 872. The molecule has 0 fully saturated rings. The molecule has 4 nitrogen and oxygen atoms in total. The van der Waals surface area contributed by atoms with Crippen molar-refractivity contribution < 1.29 is 9.50 Å². The number of pyridine rings is 1. The summed E-state index contributed by atoms with van der Waals surface area (Å²) < 4.78 is 13.5. The van der Waals surface area contributed by atoms with Crippen LogP contribution >= 0.6 is 0 Å². The molecule has 108 valence electrons. The van der Waals surface area contributed by atoms with Gasteiger partial charge in [-0.2, -0.15) is 10.2 Å². The summed E-state index contributed by atoms with van der Waals surface area (Å²) in [5.74, 6) is -0.446. The van der Waals surface area contributed by atoms with E-state index in [9.17, 15) is 9.50 Å². The first-order valence-electron chi connectivity index (χ1n) is 6.69. The molecule has 2 aromatic carbocycles. The number of nitriles is 1. The van der Waals surface area contributed by atoms with Gasteiger partial charge in [0, 0.05) is 17.3 Å². The zero-order valence-corrected chi connectivity index (χ0v) is 11.5. The molecule has 1 aromatic heterocycles. The van der Waals surface area contributed by atoms with Crippen LogP contribution in [-0.4, -0.2) is 10.1 Å². The summed E-state index contributed by atoms with van der Waals surface area (Å²) in [4.78, 5) is 3.98. The van der Waals surface area contributed by atoms with Crippen LogP contribution in [0.2, 0.25) is 0 Å². The molecule has 0 saturated carbocycles. The van der Waals surface area contributed by atoms with Crippen LogP contribution in [0.3, 0.4) is 0 Å². The Morgan fingerprint density at radius 1 is 1.14 bits per heavy atom. The Morgan fingerprint density at radius 3 is 2.64 bits per heavy atom. The summed E-state index contributed by atoms with van der Waals surface area (Å²) in [6.45, 7) is 0.477. The molecule has 5 heteroatoms. The molecule has 3 rings (SSSR count). The van der Waals surface area contributed by atoms with E-state index >= 15 is 0 Å². The molecular formula is C17H12FN3O. The van der Waals surface area contributed by atoms with Gasteiger partial charge in [-0.1, -0.05) is 30.3 Å². The first kappa shape index (κ1) is 13.8. The second kappa shape index (κ2) is 5.70. The predicted molar refractivity (Wildman–Crippen MR) is 81.8 cm³/mol. The van der Waals surface area contributed by atoms with Crippen molar-refractivity contribution in [1.82, 2.24) is 4.98 Å². The van der Waals surface area contributed by atoms with Gasteiger partial charge in [-0.25, -0.2) is 4.39 Å². The number of nitrogens with zero attached hydrogens (tertiary/aromatic N) is 2. The van der Waals surface area contributed by atoms with Crippen LogP contribution in [-0.2, 0) is 6.54 Å². The third kappa shape index (κ3) is 2.54. The van der Waals surface area contributed by atoms with Crippen LogP contribution in [0.4, 0.5) is 10.2 Å². The third-order valence-electron chi connectivity index (χ3n) is 3.36. The lowest BCUT2D eigenvalue weighted by molar-refractivity contribution is 0.453. The molecule has 0 atom stereocenters. The maximum atomic E-state index is 13.5. The molecule has 0 aliphatic heterocycles. The average molecular weight is 293 g/mol. The largest absolute Gasteiger partial charge is 0.492 e. The Morgan fingerprint density at radius 2 is 1.91 bits per heavy atom. The van der Waals surface area contributed by atoms with Gasteiger partial charge in [0.2, 0.25) is 5.88 Å². The maximum absolute atomic E-state index is 13.5. The van der Waals surface area contributed by atoms with Crippen molar-refractivity contribution in [2.45, 2.75) is 6.54 Å². The van der Waals surface area contributed by atoms with Gasteiger partial charge < -0.3 is 10.4 Å². The van der Waals surface area contributed by atoms with Crippen molar-refractivity contribution in [3.63, 3.8) is 0 Å². The van der Waals surface area contributed by atoms with Crippen LogP contribution < -0.4 is 5.32 Å². The second-order valence-corrected chi connectivity index (χ2v) is 4.80. The summed E-state index contributed by atoms with van der Waals surface area (Å²) in [6.07, 6.45) is 0. The lowest BCUT2D eigenvalue weighted by Crippen LogP contribution is -2.03. The Balaban J connectivity index is 2.06. The van der Waals surface area contributed by atoms with E-state index in [1.807, 2.05) is 36.4 Å². The molecule has 22 heavy (non-hydrogen) atoms. The van der Waals surface area contributed by atoms with Crippen molar-refractivity contribution in [1.29, 1.82) is 5.26 Å². The minimum absolute atomic E-state index is 0.0419. The van der Waals surface area contributed by atoms with Gasteiger partial charge in [0.15, 0.2) is 0 Å². The van der Waals surface area contributed by atoms with Gasteiger partial charge in [-0.3, -0.25) is 0 Å². The normalized spacial score (nSPS) is 10.4. The van der Waals surface area contributed by atoms with E-state index in [1.54, 1.807) is 0 Å². The summed E-state index contributed by atoms with van der Waals surface area (Å²) in [5, 5.41) is 23.0. The fourth-order valence-corrected chi connectivity index (χ4v) is 2.30. The highest BCUT2D eigenvalue weighted by molar-refractivity contribution is 5.97. The van der Waals surface area contributed by atoms with E-state index in [-0.39, 0.29) is 11.4 Å². The molecule has 0 spiro atoms. The van der Waals surface area contributed by atoms with E-state index < -0.39 is 5.82 Å². The van der Waals surface area contributed by atoms with Crippen LogP contribution in [0.15, 0.2) is 48.5 Å². The van der Waals surface area contributed by atoms with E-state index in [1.165, 1.54) is 18.2 Å². The molecule has 1 heterocycles. The lowest BCUT2D eigenvalue weighted by atomic mass is 10.1. The minimum atomic E-state index is -0.424. The molecular weight excluding hydrogens is 281 g/mol. The number of aromatic hydroxyl groups is 1.